The molecular weight excluding hydrogens is 338 g/mol. The summed E-state index contributed by atoms with van der Waals surface area (Å²) < 4.78 is 10.7. The summed E-state index contributed by atoms with van der Waals surface area (Å²) in [6, 6.07) is 15.5. The SMILES string of the molecule is C=CCOc1ccc(C(=O)N(Cc2ccc(OC)cc2)C(C)C2CC2)cc1. The van der Waals surface area contributed by atoms with Gasteiger partial charge in [0.1, 0.15) is 18.1 Å². The van der Waals surface area contributed by atoms with E-state index in [-0.39, 0.29) is 11.9 Å². The molecule has 142 valence electrons. The Hall–Kier alpha value is -2.75. The van der Waals surface area contributed by atoms with Crippen LogP contribution in [0, 0.1) is 5.92 Å². The predicted molar refractivity (Wildman–Crippen MR) is 107 cm³/mol. The standard InChI is InChI=1S/C23H27NO3/c1-4-15-27-22-13-9-20(10-14-22)23(25)24(17(2)19-7-8-19)16-18-5-11-21(26-3)12-6-18/h4-6,9-14,17,19H,1,7-8,15-16H2,2-3H3. The van der Waals surface area contributed by atoms with Gasteiger partial charge in [-0.3, -0.25) is 4.79 Å². The number of benzene rings is 2. The Bertz CT molecular complexity index is 763. The van der Waals surface area contributed by atoms with Crippen LogP contribution in [0.4, 0.5) is 0 Å². The van der Waals surface area contributed by atoms with Gasteiger partial charge in [-0.25, -0.2) is 0 Å². The number of amides is 1. The minimum absolute atomic E-state index is 0.0560. The zero-order chi connectivity index (χ0) is 19.2. The number of nitrogens with zero attached hydrogens (tertiary/aromatic N) is 1. The molecule has 2 aromatic rings. The fourth-order valence-electron chi connectivity index (χ4n) is 3.18. The number of rotatable bonds is 9. The van der Waals surface area contributed by atoms with Crippen LogP contribution in [-0.2, 0) is 6.54 Å². The third kappa shape index (κ3) is 4.91. The molecule has 4 heteroatoms. The van der Waals surface area contributed by atoms with Crippen molar-refractivity contribution in [1.82, 2.24) is 4.90 Å². The Morgan fingerprint density at radius 1 is 1.15 bits per heavy atom. The summed E-state index contributed by atoms with van der Waals surface area (Å²) in [5.74, 6) is 2.22. The van der Waals surface area contributed by atoms with Crippen LogP contribution in [0.2, 0.25) is 0 Å². The van der Waals surface area contributed by atoms with Gasteiger partial charge in [0.25, 0.3) is 5.91 Å². The van der Waals surface area contributed by atoms with E-state index in [0.717, 1.165) is 17.1 Å². The minimum Gasteiger partial charge on any atom is -0.497 e. The van der Waals surface area contributed by atoms with Crippen molar-refractivity contribution in [2.75, 3.05) is 13.7 Å². The molecule has 1 aliphatic rings. The average molecular weight is 365 g/mol. The Labute approximate surface area is 161 Å². The zero-order valence-corrected chi connectivity index (χ0v) is 16.1. The second-order valence-corrected chi connectivity index (χ2v) is 6.98. The Kier molecular flexibility index (Phi) is 6.17. The number of carbonyl (C=O) groups excluding carboxylic acids is 1. The van der Waals surface area contributed by atoms with Crippen molar-refractivity contribution in [1.29, 1.82) is 0 Å². The lowest BCUT2D eigenvalue weighted by atomic mass is 10.1. The summed E-state index contributed by atoms with van der Waals surface area (Å²) >= 11 is 0. The van der Waals surface area contributed by atoms with Crippen LogP contribution in [0.5, 0.6) is 11.5 Å². The first-order chi connectivity index (χ1) is 13.1. The molecule has 0 heterocycles. The monoisotopic (exact) mass is 365 g/mol. The first kappa shape index (κ1) is 19.0. The normalized spacial score (nSPS) is 14.3. The van der Waals surface area contributed by atoms with E-state index in [9.17, 15) is 4.79 Å². The van der Waals surface area contributed by atoms with Crippen molar-refractivity contribution >= 4 is 5.91 Å². The molecule has 0 spiro atoms. The maximum atomic E-state index is 13.2. The number of carbonyl (C=O) groups is 1. The molecule has 4 nitrogen and oxygen atoms in total. The molecule has 0 aliphatic heterocycles. The molecular formula is C23H27NO3. The highest BCUT2D eigenvalue weighted by molar-refractivity contribution is 5.94. The van der Waals surface area contributed by atoms with Crippen LogP contribution in [0.25, 0.3) is 0 Å². The quantitative estimate of drug-likeness (QED) is 0.605. The second kappa shape index (κ2) is 8.76. The zero-order valence-electron chi connectivity index (χ0n) is 16.1. The van der Waals surface area contributed by atoms with E-state index in [0.29, 0.717) is 24.6 Å². The lowest BCUT2D eigenvalue weighted by Gasteiger charge is -2.30. The van der Waals surface area contributed by atoms with E-state index in [1.54, 1.807) is 13.2 Å². The molecule has 1 saturated carbocycles. The third-order valence-corrected chi connectivity index (χ3v) is 5.04. The fourth-order valence-corrected chi connectivity index (χ4v) is 3.18. The second-order valence-electron chi connectivity index (χ2n) is 6.98. The molecule has 1 amide bonds. The highest BCUT2D eigenvalue weighted by atomic mass is 16.5. The molecule has 0 bridgehead atoms. The van der Waals surface area contributed by atoms with Crippen molar-refractivity contribution in [3.63, 3.8) is 0 Å². The van der Waals surface area contributed by atoms with Crippen LogP contribution >= 0.6 is 0 Å². The highest BCUT2D eigenvalue weighted by Gasteiger charge is 2.34. The van der Waals surface area contributed by atoms with E-state index in [1.165, 1.54) is 12.8 Å². The van der Waals surface area contributed by atoms with Crippen LogP contribution in [0.15, 0.2) is 61.2 Å². The van der Waals surface area contributed by atoms with Gasteiger partial charge in [0.2, 0.25) is 0 Å². The molecule has 0 aromatic heterocycles. The van der Waals surface area contributed by atoms with Gasteiger partial charge in [-0.2, -0.15) is 0 Å². The van der Waals surface area contributed by atoms with Gasteiger partial charge < -0.3 is 14.4 Å². The van der Waals surface area contributed by atoms with Crippen LogP contribution in [0.1, 0.15) is 35.7 Å². The molecule has 27 heavy (non-hydrogen) atoms. The van der Waals surface area contributed by atoms with Gasteiger partial charge in [0.05, 0.1) is 7.11 Å². The molecule has 0 saturated heterocycles. The maximum absolute atomic E-state index is 13.2. The topological polar surface area (TPSA) is 38.8 Å². The van der Waals surface area contributed by atoms with E-state index < -0.39 is 0 Å². The number of ether oxygens (including phenoxy) is 2. The van der Waals surface area contributed by atoms with E-state index in [2.05, 4.69) is 13.5 Å². The maximum Gasteiger partial charge on any atom is 0.254 e. The lowest BCUT2D eigenvalue weighted by molar-refractivity contribution is 0.0654. The Balaban J connectivity index is 1.76. The van der Waals surface area contributed by atoms with Gasteiger partial charge in [-0.15, -0.1) is 0 Å². The fraction of sp³-hybridized carbons (Fsp3) is 0.348. The third-order valence-electron chi connectivity index (χ3n) is 5.04. The number of hydrogen-bond acceptors (Lipinski definition) is 3. The Morgan fingerprint density at radius 2 is 1.78 bits per heavy atom. The highest BCUT2D eigenvalue weighted by Crippen LogP contribution is 2.36. The number of hydrogen-bond donors (Lipinski definition) is 0. The summed E-state index contributed by atoms with van der Waals surface area (Å²) in [7, 11) is 1.66. The van der Waals surface area contributed by atoms with Gasteiger partial charge >= 0.3 is 0 Å². The predicted octanol–water partition coefficient (Wildman–Crippen LogP) is 4.70. The van der Waals surface area contributed by atoms with Gasteiger partial charge in [-0.1, -0.05) is 24.8 Å². The van der Waals surface area contributed by atoms with Gasteiger partial charge in [0, 0.05) is 18.2 Å². The number of methoxy groups -OCH3 is 1. The first-order valence-corrected chi connectivity index (χ1v) is 9.40. The molecule has 0 radical (unpaired) electrons. The molecule has 1 unspecified atom stereocenters. The summed E-state index contributed by atoms with van der Waals surface area (Å²) in [5, 5.41) is 0. The summed E-state index contributed by atoms with van der Waals surface area (Å²) in [5.41, 5.74) is 1.78. The lowest BCUT2D eigenvalue weighted by Crippen LogP contribution is -2.39. The average Bonchev–Trinajstić information content (AvgIpc) is 3.56. The largest absolute Gasteiger partial charge is 0.497 e. The van der Waals surface area contributed by atoms with E-state index in [1.807, 2.05) is 53.4 Å². The molecule has 2 aromatic carbocycles. The van der Waals surface area contributed by atoms with Crippen molar-refractivity contribution in [2.45, 2.75) is 32.4 Å². The van der Waals surface area contributed by atoms with E-state index in [4.69, 9.17) is 9.47 Å². The van der Waals surface area contributed by atoms with Crippen molar-refractivity contribution in [3.8, 4) is 11.5 Å². The van der Waals surface area contributed by atoms with E-state index >= 15 is 0 Å². The van der Waals surface area contributed by atoms with Gasteiger partial charge in [0.15, 0.2) is 0 Å². The molecule has 1 aliphatic carbocycles. The molecule has 0 N–H and O–H groups in total. The van der Waals surface area contributed by atoms with Crippen LogP contribution in [0.3, 0.4) is 0 Å². The molecule has 3 rings (SSSR count). The van der Waals surface area contributed by atoms with Crippen molar-refractivity contribution < 1.29 is 14.3 Å². The van der Waals surface area contributed by atoms with Crippen LogP contribution in [-0.4, -0.2) is 30.6 Å². The minimum atomic E-state index is 0.0560. The van der Waals surface area contributed by atoms with Crippen molar-refractivity contribution in [3.05, 3.63) is 72.3 Å². The summed E-state index contributed by atoms with van der Waals surface area (Å²) in [4.78, 5) is 15.2. The summed E-state index contributed by atoms with van der Waals surface area (Å²) in [6.07, 6.45) is 4.09. The van der Waals surface area contributed by atoms with Gasteiger partial charge in [-0.05, 0) is 67.6 Å². The van der Waals surface area contributed by atoms with Crippen molar-refractivity contribution in [2.24, 2.45) is 5.92 Å². The Morgan fingerprint density at radius 3 is 2.33 bits per heavy atom. The summed E-state index contributed by atoms with van der Waals surface area (Å²) in [6.45, 7) is 6.84. The first-order valence-electron chi connectivity index (χ1n) is 9.40. The smallest absolute Gasteiger partial charge is 0.254 e. The van der Waals surface area contributed by atoms with Crippen LogP contribution < -0.4 is 9.47 Å². The molecule has 1 fully saturated rings. The molecule has 1 atom stereocenters.